The van der Waals surface area contributed by atoms with Crippen molar-refractivity contribution in [3.63, 3.8) is 0 Å². The molecule has 2 rings (SSSR count). The maximum atomic E-state index is 13.2. The topological polar surface area (TPSA) is 22.1 Å². The Bertz CT molecular complexity index is 482. The summed E-state index contributed by atoms with van der Waals surface area (Å²) in [7, 11) is 0. The van der Waals surface area contributed by atoms with E-state index in [1.807, 2.05) is 5.38 Å². The van der Waals surface area contributed by atoms with Crippen LogP contribution in [0.15, 0.2) is 29.1 Å². The number of halogens is 1. The van der Waals surface area contributed by atoms with Crippen molar-refractivity contribution in [2.75, 3.05) is 0 Å². The molecule has 4 heteroatoms. The molecule has 0 bridgehead atoms. The SMILES string of the molecule is CC(C)c1ccc(F)cc1OCc1cscn1. The van der Waals surface area contributed by atoms with Crippen molar-refractivity contribution < 1.29 is 9.13 Å². The van der Waals surface area contributed by atoms with Gasteiger partial charge in [0, 0.05) is 11.4 Å². The van der Waals surface area contributed by atoms with Crippen LogP contribution in [0.3, 0.4) is 0 Å². The van der Waals surface area contributed by atoms with Crippen LogP contribution in [-0.4, -0.2) is 4.98 Å². The Hall–Kier alpha value is -1.42. The van der Waals surface area contributed by atoms with Gasteiger partial charge in [-0.1, -0.05) is 19.9 Å². The van der Waals surface area contributed by atoms with Gasteiger partial charge in [-0.2, -0.15) is 0 Å². The number of benzene rings is 1. The highest BCUT2D eigenvalue weighted by atomic mass is 32.1. The molecule has 0 N–H and O–H groups in total. The van der Waals surface area contributed by atoms with Crippen LogP contribution in [0.5, 0.6) is 5.75 Å². The quantitative estimate of drug-likeness (QED) is 0.819. The second kappa shape index (κ2) is 5.27. The monoisotopic (exact) mass is 251 g/mol. The van der Waals surface area contributed by atoms with E-state index in [0.717, 1.165) is 11.3 Å². The predicted molar refractivity (Wildman–Crippen MR) is 66.9 cm³/mol. The fourth-order valence-electron chi connectivity index (χ4n) is 1.57. The minimum Gasteiger partial charge on any atom is -0.487 e. The van der Waals surface area contributed by atoms with E-state index in [2.05, 4.69) is 18.8 Å². The molecule has 90 valence electrons. The number of aromatic nitrogens is 1. The Kier molecular flexibility index (Phi) is 3.74. The highest BCUT2D eigenvalue weighted by molar-refractivity contribution is 7.07. The van der Waals surface area contributed by atoms with Crippen LogP contribution in [0.2, 0.25) is 0 Å². The molecule has 17 heavy (non-hydrogen) atoms. The molecule has 0 aliphatic rings. The highest BCUT2D eigenvalue weighted by Crippen LogP contribution is 2.27. The largest absolute Gasteiger partial charge is 0.487 e. The fourth-order valence-corrected chi connectivity index (χ4v) is 2.11. The molecule has 0 atom stereocenters. The van der Waals surface area contributed by atoms with Gasteiger partial charge in [0.1, 0.15) is 18.2 Å². The Morgan fingerprint density at radius 2 is 2.24 bits per heavy atom. The number of ether oxygens (including phenoxy) is 1. The zero-order valence-electron chi connectivity index (χ0n) is 9.81. The molecule has 1 aromatic carbocycles. The van der Waals surface area contributed by atoms with E-state index in [0.29, 0.717) is 18.3 Å². The molecule has 0 fully saturated rings. The smallest absolute Gasteiger partial charge is 0.131 e. The molecule has 1 heterocycles. The van der Waals surface area contributed by atoms with E-state index >= 15 is 0 Å². The summed E-state index contributed by atoms with van der Waals surface area (Å²) in [5, 5.41) is 1.92. The van der Waals surface area contributed by atoms with Gasteiger partial charge in [-0.05, 0) is 17.5 Å². The van der Waals surface area contributed by atoms with Gasteiger partial charge in [-0.3, -0.25) is 0 Å². The van der Waals surface area contributed by atoms with E-state index in [1.54, 1.807) is 11.6 Å². The normalized spacial score (nSPS) is 10.8. The van der Waals surface area contributed by atoms with Crippen molar-refractivity contribution in [2.24, 2.45) is 0 Å². The van der Waals surface area contributed by atoms with Crippen LogP contribution in [0.25, 0.3) is 0 Å². The first kappa shape index (κ1) is 12.0. The van der Waals surface area contributed by atoms with Gasteiger partial charge >= 0.3 is 0 Å². The summed E-state index contributed by atoms with van der Waals surface area (Å²) in [4.78, 5) is 4.13. The number of nitrogens with zero attached hydrogens (tertiary/aromatic N) is 1. The lowest BCUT2D eigenvalue weighted by Crippen LogP contribution is -2.00. The minimum absolute atomic E-state index is 0.275. The summed E-state index contributed by atoms with van der Waals surface area (Å²) >= 11 is 1.52. The summed E-state index contributed by atoms with van der Waals surface area (Å²) in [6, 6.07) is 4.67. The first-order valence-corrected chi connectivity index (χ1v) is 6.40. The number of hydrogen-bond acceptors (Lipinski definition) is 3. The van der Waals surface area contributed by atoms with Crippen LogP contribution in [0.1, 0.15) is 31.0 Å². The van der Waals surface area contributed by atoms with Crippen LogP contribution < -0.4 is 4.74 Å². The molecule has 0 unspecified atom stereocenters. The van der Waals surface area contributed by atoms with Gasteiger partial charge in [0.2, 0.25) is 0 Å². The molecular formula is C13H14FNOS. The van der Waals surface area contributed by atoms with E-state index in [-0.39, 0.29) is 5.82 Å². The minimum atomic E-state index is -0.275. The highest BCUT2D eigenvalue weighted by Gasteiger charge is 2.09. The Balaban J connectivity index is 2.16. The van der Waals surface area contributed by atoms with Crippen LogP contribution >= 0.6 is 11.3 Å². The van der Waals surface area contributed by atoms with Crippen molar-refractivity contribution in [3.8, 4) is 5.75 Å². The standard InChI is InChI=1S/C13H14FNOS/c1-9(2)12-4-3-10(14)5-13(12)16-6-11-7-17-8-15-11/h3-5,7-9H,6H2,1-2H3. The Labute approximate surface area is 104 Å². The van der Waals surface area contributed by atoms with Gasteiger partial charge in [0.15, 0.2) is 0 Å². The first-order valence-electron chi connectivity index (χ1n) is 5.46. The third-order valence-electron chi connectivity index (χ3n) is 2.46. The lowest BCUT2D eigenvalue weighted by atomic mass is 10.0. The van der Waals surface area contributed by atoms with Crippen LogP contribution in [0.4, 0.5) is 4.39 Å². The van der Waals surface area contributed by atoms with Crippen molar-refractivity contribution in [1.82, 2.24) is 4.98 Å². The third-order valence-corrected chi connectivity index (χ3v) is 3.09. The molecule has 0 aliphatic carbocycles. The van der Waals surface area contributed by atoms with Crippen molar-refractivity contribution in [2.45, 2.75) is 26.4 Å². The summed E-state index contributed by atoms with van der Waals surface area (Å²) < 4.78 is 18.8. The van der Waals surface area contributed by atoms with Crippen LogP contribution in [0, 0.1) is 5.82 Å². The van der Waals surface area contributed by atoms with Crippen molar-refractivity contribution in [3.05, 3.63) is 46.2 Å². The molecule has 0 amide bonds. The van der Waals surface area contributed by atoms with Gasteiger partial charge in [-0.15, -0.1) is 11.3 Å². The van der Waals surface area contributed by atoms with E-state index in [1.165, 1.54) is 23.5 Å². The summed E-state index contributed by atoms with van der Waals surface area (Å²) in [6.07, 6.45) is 0. The molecule has 2 aromatic rings. The predicted octanol–water partition coefficient (Wildman–Crippen LogP) is 3.98. The first-order chi connectivity index (χ1) is 8.16. The molecule has 0 saturated carbocycles. The van der Waals surface area contributed by atoms with Gasteiger partial charge < -0.3 is 4.74 Å². The molecule has 0 saturated heterocycles. The molecule has 2 nitrogen and oxygen atoms in total. The van der Waals surface area contributed by atoms with Gasteiger partial charge in [0.25, 0.3) is 0 Å². The van der Waals surface area contributed by atoms with Crippen molar-refractivity contribution in [1.29, 1.82) is 0 Å². The fraction of sp³-hybridized carbons (Fsp3) is 0.308. The van der Waals surface area contributed by atoms with Gasteiger partial charge in [0.05, 0.1) is 11.2 Å². The lowest BCUT2D eigenvalue weighted by Gasteiger charge is -2.13. The number of hydrogen-bond donors (Lipinski definition) is 0. The Morgan fingerprint density at radius 1 is 1.41 bits per heavy atom. The van der Waals surface area contributed by atoms with Crippen molar-refractivity contribution >= 4 is 11.3 Å². The molecule has 1 aromatic heterocycles. The second-order valence-corrected chi connectivity index (χ2v) is 4.82. The van der Waals surface area contributed by atoms with Crippen LogP contribution in [-0.2, 0) is 6.61 Å². The zero-order valence-corrected chi connectivity index (χ0v) is 10.6. The lowest BCUT2D eigenvalue weighted by molar-refractivity contribution is 0.296. The average Bonchev–Trinajstić information content (AvgIpc) is 2.78. The maximum absolute atomic E-state index is 13.2. The van der Waals surface area contributed by atoms with E-state index < -0.39 is 0 Å². The molecule has 0 spiro atoms. The van der Waals surface area contributed by atoms with E-state index in [4.69, 9.17) is 4.74 Å². The average molecular weight is 251 g/mol. The third kappa shape index (κ3) is 3.03. The number of thiazole rings is 1. The maximum Gasteiger partial charge on any atom is 0.131 e. The summed E-state index contributed by atoms with van der Waals surface area (Å²) in [5.74, 6) is 0.636. The van der Waals surface area contributed by atoms with Gasteiger partial charge in [-0.25, -0.2) is 9.37 Å². The zero-order chi connectivity index (χ0) is 12.3. The second-order valence-electron chi connectivity index (χ2n) is 4.11. The molecule has 0 aliphatic heterocycles. The Morgan fingerprint density at radius 3 is 2.88 bits per heavy atom. The molecular weight excluding hydrogens is 237 g/mol. The molecule has 0 radical (unpaired) electrons. The summed E-state index contributed by atoms with van der Waals surface area (Å²) in [6.45, 7) is 4.50. The van der Waals surface area contributed by atoms with E-state index in [9.17, 15) is 4.39 Å². The summed E-state index contributed by atoms with van der Waals surface area (Å²) in [5.41, 5.74) is 3.64. The number of rotatable bonds is 4.